The smallest absolute Gasteiger partial charge is 0.335 e. The van der Waals surface area contributed by atoms with Gasteiger partial charge in [-0.2, -0.15) is 0 Å². The normalized spacial score (nSPS) is 10.8. The molecule has 106 valence electrons. The first kappa shape index (κ1) is 15.5. The zero-order valence-corrected chi connectivity index (χ0v) is 12.3. The van der Waals surface area contributed by atoms with Crippen LogP contribution in [-0.4, -0.2) is 29.1 Å². The van der Waals surface area contributed by atoms with E-state index in [-0.39, 0.29) is 5.92 Å². The van der Waals surface area contributed by atoms with E-state index >= 15 is 0 Å². The molecule has 0 saturated carbocycles. The average molecular weight is 264 g/mol. The van der Waals surface area contributed by atoms with Crippen molar-refractivity contribution in [2.75, 3.05) is 18.0 Å². The third kappa shape index (κ3) is 4.23. The van der Waals surface area contributed by atoms with Crippen LogP contribution in [0.25, 0.3) is 0 Å². The molecular weight excluding hydrogens is 240 g/mol. The van der Waals surface area contributed by atoms with Crippen LogP contribution in [0.1, 0.15) is 62.5 Å². The first-order chi connectivity index (χ1) is 8.99. The van der Waals surface area contributed by atoms with Crippen LogP contribution in [0.15, 0.2) is 12.1 Å². The Hall–Kier alpha value is -1.58. The third-order valence-electron chi connectivity index (χ3n) is 3.16. The van der Waals surface area contributed by atoms with Crippen molar-refractivity contribution in [2.45, 2.75) is 46.5 Å². The van der Waals surface area contributed by atoms with Gasteiger partial charge >= 0.3 is 5.97 Å². The second kappa shape index (κ2) is 7.12. The van der Waals surface area contributed by atoms with Crippen LogP contribution in [0.5, 0.6) is 0 Å². The largest absolute Gasteiger partial charge is 0.478 e. The van der Waals surface area contributed by atoms with Crippen molar-refractivity contribution < 1.29 is 9.90 Å². The third-order valence-corrected chi connectivity index (χ3v) is 3.16. The molecule has 0 aliphatic rings. The fourth-order valence-corrected chi connectivity index (χ4v) is 1.90. The summed E-state index contributed by atoms with van der Waals surface area (Å²) in [5.41, 5.74) is 1.16. The first-order valence-electron chi connectivity index (χ1n) is 6.99. The van der Waals surface area contributed by atoms with Gasteiger partial charge in [0.25, 0.3) is 0 Å². The van der Waals surface area contributed by atoms with Gasteiger partial charge in [-0.25, -0.2) is 9.78 Å². The minimum atomic E-state index is -0.892. The van der Waals surface area contributed by atoms with E-state index in [9.17, 15) is 9.90 Å². The van der Waals surface area contributed by atoms with E-state index in [0.29, 0.717) is 5.56 Å². The number of anilines is 1. The zero-order valence-electron chi connectivity index (χ0n) is 12.3. The molecule has 0 saturated heterocycles. The molecule has 4 nitrogen and oxygen atoms in total. The van der Waals surface area contributed by atoms with Gasteiger partial charge in [0, 0.05) is 18.8 Å². The number of aromatic nitrogens is 1. The van der Waals surface area contributed by atoms with Gasteiger partial charge in [-0.05, 0) is 31.4 Å². The highest BCUT2D eigenvalue weighted by Gasteiger charge is 2.14. The molecule has 4 heteroatoms. The van der Waals surface area contributed by atoms with Crippen molar-refractivity contribution in [2.24, 2.45) is 0 Å². The summed E-state index contributed by atoms with van der Waals surface area (Å²) in [5, 5.41) is 9.20. The van der Waals surface area contributed by atoms with Gasteiger partial charge in [0.05, 0.1) is 5.56 Å². The molecule has 1 aromatic rings. The molecule has 0 bridgehead atoms. The first-order valence-corrected chi connectivity index (χ1v) is 6.99. The van der Waals surface area contributed by atoms with Crippen LogP contribution in [0.3, 0.4) is 0 Å². The van der Waals surface area contributed by atoms with Gasteiger partial charge in [0.1, 0.15) is 5.82 Å². The number of carboxylic acid groups (broad SMARTS) is 1. The van der Waals surface area contributed by atoms with Crippen molar-refractivity contribution in [3.05, 3.63) is 23.4 Å². The van der Waals surface area contributed by atoms with E-state index in [1.807, 2.05) is 13.8 Å². The monoisotopic (exact) mass is 264 g/mol. The summed E-state index contributed by atoms with van der Waals surface area (Å²) in [7, 11) is 0. The minimum absolute atomic E-state index is 0.225. The number of carboxylic acids is 1. The lowest BCUT2D eigenvalue weighted by molar-refractivity contribution is 0.0696. The molecule has 0 fully saturated rings. The number of pyridine rings is 1. The molecule has 0 aromatic carbocycles. The predicted octanol–water partition coefficient (Wildman–Crippen LogP) is 3.53. The van der Waals surface area contributed by atoms with Gasteiger partial charge in [0.2, 0.25) is 0 Å². The lowest BCUT2D eigenvalue weighted by atomic mass is 10.1. The Kier molecular flexibility index (Phi) is 5.80. The van der Waals surface area contributed by atoms with E-state index in [0.717, 1.165) is 37.4 Å². The predicted molar refractivity (Wildman–Crippen MR) is 78.1 cm³/mol. The van der Waals surface area contributed by atoms with Gasteiger partial charge in [0.15, 0.2) is 0 Å². The maximum absolute atomic E-state index is 11.2. The Morgan fingerprint density at radius 1 is 1.37 bits per heavy atom. The summed E-state index contributed by atoms with van der Waals surface area (Å²) in [6.45, 7) is 10.0. The Morgan fingerprint density at radius 3 is 2.53 bits per heavy atom. The van der Waals surface area contributed by atoms with E-state index in [2.05, 4.69) is 23.7 Å². The topological polar surface area (TPSA) is 53.4 Å². The molecule has 19 heavy (non-hydrogen) atoms. The fourth-order valence-electron chi connectivity index (χ4n) is 1.90. The Morgan fingerprint density at radius 2 is 2.05 bits per heavy atom. The molecule has 0 atom stereocenters. The average Bonchev–Trinajstić information content (AvgIpc) is 2.39. The summed E-state index contributed by atoms with van der Waals surface area (Å²) in [6.07, 6.45) is 2.20. The molecular formula is C15H24N2O2. The Balaban J connectivity index is 3.13. The molecule has 0 aliphatic carbocycles. The SMILES string of the molecule is CCCCN(CC)c1cc(C(=O)O)cc(C(C)C)n1. The lowest BCUT2D eigenvalue weighted by Crippen LogP contribution is -2.25. The fraction of sp³-hybridized carbons (Fsp3) is 0.600. The van der Waals surface area contributed by atoms with E-state index < -0.39 is 5.97 Å². The molecule has 0 amide bonds. The van der Waals surface area contributed by atoms with Gasteiger partial charge in [-0.1, -0.05) is 27.2 Å². The van der Waals surface area contributed by atoms with E-state index in [4.69, 9.17) is 0 Å². The molecule has 1 rings (SSSR count). The summed E-state index contributed by atoms with van der Waals surface area (Å²) < 4.78 is 0. The number of hydrogen-bond donors (Lipinski definition) is 1. The van der Waals surface area contributed by atoms with Gasteiger partial charge in [-0.15, -0.1) is 0 Å². The summed E-state index contributed by atoms with van der Waals surface area (Å²) in [6, 6.07) is 3.34. The van der Waals surface area contributed by atoms with Crippen LogP contribution in [0.4, 0.5) is 5.82 Å². The van der Waals surface area contributed by atoms with Crippen LogP contribution < -0.4 is 4.90 Å². The van der Waals surface area contributed by atoms with Crippen LogP contribution in [0, 0.1) is 0 Å². The number of unbranched alkanes of at least 4 members (excludes halogenated alkanes) is 1. The van der Waals surface area contributed by atoms with E-state index in [1.165, 1.54) is 0 Å². The summed E-state index contributed by atoms with van der Waals surface area (Å²) in [4.78, 5) is 17.9. The Labute approximate surface area is 115 Å². The van der Waals surface area contributed by atoms with E-state index in [1.54, 1.807) is 12.1 Å². The van der Waals surface area contributed by atoms with Gasteiger partial charge in [-0.3, -0.25) is 0 Å². The number of aromatic carboxylic acids is 1. The van der Waals surface area contributed by atoms with Crippen molar-refractivity contribution in [3.8, 4) is 0 Å². The minimum Gasteiger partial charge on any atom is -0.478 e. The standard InChI is InChI=1S/C15H24N2O2/c1-5-7-8-17(6-2)14-10-12(15(18)19)9-13(16-14)11(3)4/h9-11H,5-8H2,1-4H3,(H,18,19). The summed E-state index contributed by atoms with van der Waals surface area (Å²) >= 11 is 0. The number of nitrogens with zero attached hydrogens (tertiary/aromatic N) is 2. The number of rotatable bonds is 7. The number of carbonyl (C=O) groups is 1. The molecule has 0 aliphatic heterocycles. The molecule has 0 radical (unpaired) electrons. The van der Waals surface area contributed by atoms with Crippen LogP contribution in [-0.2, 0) is 0 Å². The highest BCUT2D eigenvalue weighted by atomic mass is 16.4. The van der Waals surface area contributed by atoms with Crippen molar-refractivity contribution in [1.82, 2.24) is 4.98 Å². The quantitative estimate of drug-likeness (QED) is 0.818. The van der Waals surface area contributed by atoms with Crippen LogP contribution in [0.2, 0.25) is 0 Å². The molecule has 1 N–H and O–H groups in total. The highest BCUT2D eigenvalue weighted by molar-refractivity contribution is 5.88. The van der Waals surface area contributed by atoms with Crippen LogP contribution >= 0.6 is 0 Å². The maximum atomic E-state index is 11.2. The molecule has 0 unspecified atom stereocenters. The molecule has 1 aromatic heterocycles. The van der Waals surface area contributed by atoms with Crippen molar-refractivity contribution in [3.63, 3.8) is 0 Å². The lowest BCUT2D eigenvalue weighted by Gasteiger charge is -2.23. The highest BCUT2D eigenvalue weighted by Crippen LogP contribution is 2.20. The Bertz CT molecular complexity index is 430. The molecule has 0 spiro atoms. The second-order valence-corrected chi connectivity index (χ2v) is 5.03. The zero-order chi connectivity index (χ0) is 14.4. The van der Waals surface area contributed by atoms with Gasteiger partial charge < -0.3 is 10.0 Å². The second-order valence-electron chi connectivity index (χ2n) is 5.03. The molecule has 1 heterocycles. The summed E-state index contributed by atoms with van der Waals surface area (Å²) in [5.74, 6) is 0.111. The number of hydrogen-bond acceptors (Lipinski definition) is 3. The maximum Gasteiger partial charge on any atom is 0.335 e. The van der Waals surface area contributed by atoms with Crippen molar-refractivity contribution >= 4 is 11.8 Å². The van der Waals surface area contributed by atoms with Crippen molar-refractivity contribution in [1.29, 1.82) is 0 Å².